The van der Waals surface area contributed by atoms with E-state index in [9.17, 15) is 13.9 Å². The highest BCUT2D eigenvalue weighted by Gasteiger charge is 2.46. The summed E-state index contributed by atoms with van der Waals surface area (Å²) in [6.07, 6.45) is 4.67. The summed E-state index contributed by atoms with van der Waals surface area (Å²) in [5, 5.41) is 31.1. The number of halogens is 2. The lowest BCUT2D eigenvalue weighted by atomic mass is 9.81. The van der Waals surface area contributed by atoms with Crippen LogP contribution in [0.4, 0.5) is 14.6 Å². The second-order valence-corrected chi connectivity index (χ2v) is 9.67. The van der Waals surface area contributed by atoms with Crippen molar-refractivity contribution in [3.05, 3.63) is 48.2 Å². The molecular formula is C25H26F2N6O. The molecule has 2 bridgehead atoms. The van der Waals surface area contributed by atoms with Gasteiger partial charge in [-0.25, -0.2) is 8.78 Å². The van der Waals surface area contributed by atoms with Gasteiger partial charge in [-0.15, -0.1) is 10.2 Å². The molecule has 0 amide bonds. The first kappa shape index (κ1) is 21.3. The van der Waals surface area contributed by atoms with Gasteiger partial charge in [0.05, 0.1) is 11.4 Å². The van der Waals surface area contributed by atoms with Crippen LogP contribution in [0.2, 0.25) is 0 Å². The van der Waals surface area contributed by atoms with E-state index in [2.05, 4.69) is 30.6 Å². The maximum Gasteiger partial charge on any atom is 0.251 e. The number of aromatic nitrogens is 4. The lowest BCUT2D eigenvalue weighted by Crippen LogP contribution is -2.59. The summed E-state index contributed by atoms with van der Waals surface area (Å²) < 4.78 is 28.0. The molecule has 5 heterocycles. The van der Waals surface area contributed by atoms with Crippen LogP contribution in [-0.4, -0.2) is 56.1 Å². The molecule has 9 heteroatoms. The molecule has 2 aromatic heterocycles. The molecule has 0 aliphatic carbocycles. The van der Waals surface area contributed by atoms with E-state index in [0.29, 0.717) is 29.8 Å². The minimum atomic E-state index is -2.56. The number of benzene rings is 1. The Hall–Kier alpha value is -3.20. The van der Waals surface area contributed by atoms with Crippen LogP contribution in [0, 0.1) is 0 Å². The Bertz CT molecular complexity index is 1190. The number of fused-ring (bicyclic) bond motifs is 3. The summed E-state index contributed by atoms with van der Waals surface area (Å²) >= 11 is 0. The van der Waals surface area contributed by atoms with E-state index in [4.69, 9.17) is 0 Å². The highest BCUT2D eigenvalue weighted by molar-refractivity contribution is 5.73. The molecule has 2 N–H and O–H groups in total. The lowest BCUT2D eigenvalue weighted by Gasteiger charge is -2.47. The van der Waals surface area contributed by atoms with E-state index in [-0.39, 0.29) is 36.7 Å². The van der Waals surface area contributed by atoms with E-state index < -0.39 is 5.92 Å². The molecule has 34 heavy (non-hydrogen) atoms. The Kier molecular flexibility index (Phi) is 5.17. The van der Waals surface area contributed by atoms with Crippen LogP contribution >= 0.6 is 0 Å². The molecule has 0 spiro atoms. The van der Waals surface area contributed by atoms with Crippen molar-refractivity contribution in [3.63, 3.8) is 0 Å². The van der Waals surface area contributed by atoms with Crippen LogP contribution in [0.1, 0.15) is 37.7 Å². The van der Waals surface area contributed by atoms with Gasteiger partial charge >= 0.3 is 0 Å². The number of nitrogens with one attached hydrogen (secondary N) is 1. The number of nitrogens with zero attached hydrogens (tertiary/aromatic N) is 5. The van der Waals surface area contributed by atoms with Gasteiger partial charge in [-0.05, 0) is 61.6 Å². The second kappa shape index (κ2) is 8.23. The smallest absolute Gasteiger partial charge is 0.251 e. The zero-order valence-electron chi connectivity index (χ0n) is 18.7. The van der Waals surface area contributed by atoms with Gasteiger partial charge in [0.1, 0.15) is 5.75 Å². The minimum Gasteiger partial charge on any atom is -0.507 e. The van der Waals surface area contributed by atoms with E-state index in [1.165, 1.54) is 0 Å². The average molecular weight is 465 g/mol. The molecule has 3 aliphatic rings. The summed E-state index contributed by atoms with van der Waals surface area (Å²) in [6.45, 7) is 0.861. The lowest BCUT2D eigenvalue weighted by molar-refractivity contribution is -0.0670. The number of alkyl halides is 2. The highest BCUT2D eigenvalue weighted by Crippen LogP contribution is 2.40. The van der Waals surface area contributed by atoms with Crippen LogP contribution in [0.5, 0.6) is 5.75 Å². The van der Waals surface area contributed by atoms with Gasteiger partial charge in [-0.3, -0.25) is 0 Å². The maximum absolute atomic E-state index is 14.0. The first-order valence-corrected chi connectivity index (χ1v) is 11.8. The zero-order chi connectivity index (χ0) is 23.3. The normalized spacial score (nSPS) is 25.6. The molecule has 2 fully saturated rings. The fraction of sp³-hybridized carbons (Fsp3) is 0.440. The molecule has 3 aliphatic heterocycles. The second-order valence-electron chi connectivity index (χ2n) is 9.67. The predicted octanol–water partition coefficient (Wildman–Crippen LogP) is 3.98. The third-order valence-electron chi connectivity index (χ3n) is 7.22. The topological polar surface area (TPSA) is 87.1 Å². The van der Waals surface area contributed by atoms with Crippen molar-refractivity contribution >= 4 is 5.82 Å². The van der Waals surface area contributed by atoms with Crippen LogP contribution < -0.4 is 10.2 Å². The molecule has 2 saturated heterocycles. The largest absolute Gasteiger partial charge is 0.507 e. The number of aryl methyl sites for hydroxylation is 1. The summed E-state index contributed by atoms with van der Waals surface area (Å²) in [5.74, 6) is -1.61. The first-order valence-electron chi connectivity index (χ1n) is 11.8. The van der Waals surface area contributed by atoms with Crippen LogP contribution in [-0.2, 0) is 6.42 Å². The average Bonchev–Trinajstić information content (AvgIpc) is 2.82. The van der Waals surface area contributed by atoms with Gasteiger partial charge in [0.2, 0.25) is 0 Å². The van der Waals surface area contributed by atoms with Gasteiger partial charge in [0.25, 0.3) is 5.92 Å². The molecular weight excluding hydrogens is 438 g/mol. The molecule has 0 unspecified atom stereocenters. The fourth-order valence-corrected chi connectivity index (χ4v) is 5.81. The number of aromatic hydroxyl groups is 1. The van der Waals surface area contributed by atoms with Crippen molar-refractivity contribution < 1.29 is 13.9 Å². The van der Waals surface area contributed by atoms with Crippen molar-refractivity contribution in [1.82, 2.24) is 25.7 Å². The zero-order valence-corrected chi connectivity index (χ0v) is 18.7. The fourth-order valence-electron chi connectivity index (χ4n) is 5.81. The molecule has 176 valence electrons. The molecule has 0 radical (unpaired) electrons. The Balaban J connectivity index is 1.26. The number of phenolic OH excluding ortho intramolecular Hbond substituents is 1. The Labute approximate surface area is 196 Å². The van der Waals surface area contributed by atoms with Gasteiger partial charge in [0.15, 0.2) is 5.82 Å². The monoisotopic (exact) mass is 464 g/mol. The molecule has 3 aromatic rings. The van der Waals surface area contributed by atoms with Crippen LogP contribution in [0.3, 0.4) is 0 Å². The number of hydrogen-bond acceptors (Lipinski definition) is 7. The standard InChI is InChI=1S/C25H26F2N6O/c26-25(27)13-17-11-19(12-18(14-25)29-17)33-8-2-3-16-9-22(31-32-24(16)33)20-6-5-15(10-23(20)34)21-4-1-7-28-30-21/h1,4-7,9-10,17-19,29,34H,2-3,8,11-14H2/t17-,18-/m0/s1. The predicted molar refractivity (Wildman–Crippen MR) is 124 cm³/mol. The molecule has 6 rings (SSSR count). The third kappa shape index (κ3) is 3.98. The van der Waals surface area contributed by atoms with Gasteiger partial charge in [-0.1, -0.05) is 6.07 Å². The third-order valence-corrected chi connectivity index (χ3v) is 7.22. The summed E-state index contributed by atoms with van der Waals surface area (Å²) in [7, 11) is 0. The van der Waals surface area contributed by atoms with E-state index in [1.54, 1.807) is 18.3 Å². The van der Waals surface area contributed by atoms with E-state index in [0.717, 1.165) is 36.3 Å². The van der Waals surface area contributed by atoms with Crippen molar-refractivity contribution in [2.45, 2.75) is 62.6 Å². The van der Waals surface area contributed by atoms with Gasteiger partial charge in [-0.2, -0.15) is 10.2 Å². The Morgan fingerprint density at radius 1 is 1.00 bits per heavy atom. The van der Waals surface area contributed by atoms with Crippen LogP contribution in [0.15, 0.2) is 42.6 Å². The molecule has 7 nitrogen and oxygen atoms in total. The van der Waals surface area contributed by atoms with Crippen molar-refractivity contribution in [2.24, 2.45) is 0 Å². The number of piperidine rings is 2. The van der Waals surface area contributed by atoms with Crippen molar-refractivity contribution in [3.8, 4) is 28.3 Å². The van der Waals surface area contributed by atoms with Crippen LogP contribution in [0.25, 0.3) is 22.5 Å². The van der Waals surface area contributed by atoms with E-state index >= 15 is 0 Å². The number of anilines is 1. The highest BCUT2D eigenvalue weighted by atomic mass is 19.3. The number of hydrogen-bond donors (Lipinski definition) is 2. The summed E-state index contributed by atoms with van der Waals surface area (Å²) in [5.41, 5.74) is 3.77. The number of rotatable bonds is 3. The minimum absolute atomic E-state index is 0.0881. The summed E-state index contributed by atoms with van der Waals surface area (Å²) in [6, 6.07) is 10.9. The summed E-state index contributed by atoms with van der Waals surface area (Å²) in [4.78, 5) is 2.27. The molecule has 2 atom stereocenters. The Morgan fingerprint density at radius 3 is 2.56 bits per heavy atom. The van der Waals surface area contributed by atoms with Crippen molar-refractivity contribution in [1.29, 1.82) is 0 Å². The Morgan fingerprint density at radius 2 is 1.82 bits per heavy atom. The molecule has 1 aromatic carbocycles. The molecule has 0 saturated carbocycles. The number of phenols is 1. The van der Waals surface area contributed by atoms with Gasteiger partial charge < -0.3 is 15.3 Å². The quantitative estimate of drug-likeness (QED) is 0.606. The van der Waals surface area contributed by atoms with Gasteiger partial charge in [0, 0.05) is 54.8 Å². The van der Waals surface area contributed by atoms with E-state index in [1.807, 2.05) is 24.3 Å². The first-order chi connectivity index (χ1) is 16.4. The maximum atomic E-state index is 14.0. The van der Waals surface area contributed by atoms with Crippen molar-refractivity contribution in [2.75, 3.05) is 11.4 Å². The SMILES string of the molecule is Oc1cc(-c2cccnn2)ccc1-c1cc2c(nn1)N(C1C[C@H]3CC(F)(F)C[C@H](C1)N3)CCC2.